The van der Waals surface area contributed by atoms with Gasteiger partial charge in [0.15, 0.2) is 0 Å². The van der Waals surface area contributed by atoms with Crippen LogP contribution < -0.4 is 5.32 Å². The van der Waals surface area contributed by atoms with Crippen molar-refractivity contribution in [1.29, 1.82) is 0 Å². The van der Waals surface area contributed by atoms with Crippen LogP contribution in [0.4, 0.5) is 0 Å². The van der Waals surface area contributed by atoms with Gasteiger partial charge in [0.05, 0.1) is 28.1 Å². The van der Waals surface area contributed by atoms with Crippen LogP contribution in [0.25, 0.3) is 22.3 Å². The molecule has 28 heavy (non-hydrogen) atoms. The van der Waals surface area contributed by atoms with E-state index in [0.717, 1.165) is 33.7 Å². The second-order valence-corrected chi connectivity index (χ2v) is 7.79. The first-order chi connectivity index (χ1) is 13.7. The molecular formula is C22H22N4OS. The zero-order valence-corrected chi connectivity index (χ0v) is 16.6. The Bertz CT molecular complexity index is 1080. The van der Waals surface area contributed by atoms with E-state index in [9.17, 15) is 4.79 Å². The highest BCUT2D eigenvalue weighted by Crippen LogP contribution is 2.21. The first-order valence-electron chi connectivity index (χ1n) is 9.37. The minimum atomic E-state index is 0.0624. The van der Waals surface area contributed by atoms with Gasteiger partial charge in [-0.05, 0) is 31.0 Å². The van der Waals surface area contributed by atoms with E-state index < -0.39 is 0 Å². The third-order valence-corrected chi connectivity index (χ3v) is 5.49. The molecule has 2 aromatic heterocycles. The molecule has 0 radical (unpaired) electrons. The summed E-state index contributed by atoms with van der Waals surface area (Å²) in [5.74, 6) is 0.0624. The minimum Gasteiger partial charge on any atom is -0.356 e. The van der Waals surface area contributed by atoms with Crippen LogP contribution in [0.15, 0.2) is 60.2 Å². The lowest BCUT2D eigenvalue weighted by molar-refractivity contribution is -0.121. The fourth-order valence-corrected chi connectivity index (χ4v) is 3.81. The van der Waals surface area contributed by atoms with E-state index in [1.165, 1.54) is 5.56 Å². The molecule has 2 heterocycles. The molecule has 142 valence electrons. The van der Waals surface area contributed by atoms with E-state index in [4.69, 9.17) is 0 Å². The van der Waals surface area contributed by atoms with Crippen LogP contribution in [0, 0.1) is 6.92 Å². The van der Waals surface area contributed by atoms with Crippen LogP contribution in [-0.4, -0.2) is 27.0 Å². The SMILES string of the molecule is Cc1nc(-c2ccc(CCNC(=O)CCn3cnc4ccccc43)cc2)cs1. The Morgan fingerprint density at radius 3 is 2.75 bits per heavy atom. The highest BCUT2D eigenvalue weighted by atomic mass is 32.1. The van der Waals surface area contributed by atoms with Gasteiger partial charge in [0.25, 0.3) is 0 Å². The van der Waals surface area contributed by atoms with E-state index in [2.05, 4.69) is 44.9 Å². The number of thiazole rings is 1. The summed E-state index contributed by atoms with van der Waals surface area (Å²) in [6, 6.07) is 16.4. The molecule has 5 nitrogen and oxygen atoms in total. The molecule has 0 aliphatic rings. The lowest BCUT2D eigenvalue weighted by Gasteiger charge is -2.07. The van der Waals surface area contributed by atoms with Gasteiger partial charge in [0, 0.05) is 30.5 Å². The monoisotopic (exact) mass is 390 g/mol. The number of fused-ring (bicyclic) bond motifs is 1. The molecule has 0 aliphatic carbocycles. The summed E-state index contributed by atoms with van der Waals surface area (Å²) >= 11 is 1.66. The number of hydrogen-bond acceptors (Lipinski definition) is 4. The number of hydrogen-bond donors (Lipinski definition) is 1. The minimum absolute atomic E-state index is 0.0624. The summed E-state index contributed by atoms with van der Waals surface area (Å²) in [5.41, 5.74) is 5.38. The Hall–Kier alpha value is -2.99. The smallest absolute Gasteiger partial charge is 0.221 e. The summed E-state index contributed by atoms with van der Waals surface area (Å²) < 4.78 is 2.02. The third-order valence-electron chi connectivity index (χ3n) is 4.71. The number of para-hydroxylation sites is 2. The van der Waals surface area contributed by atoms with Gasteiger partial charge < -0.3 is 9.88 Å². The summed E-state index contributed by atoms with van der Waals surface area (Å²) in [6.07, 6.45) is 3.06. The van der Waals surface area contributed by atoms with Crippen LogP contribution in [-0.2, 0) is 17.8 Å². The molecule has 1 amide bonds. The number of nitrogens with zero attached hydrogens (tertiary/aromatic N) is 3. The average Bonchev–Trinajstić information content (AvgIpc) is 3.33. The molecule has 0 aliphatic heterocycles. The highest BCUT2D eigenvalue weighted by Gasteiger charge is 2.06. The summed E-state index contributed by atoms with van der Waals surface area (Å²) in [5, 5.41) is 6.16. The second kappa shape index (κ2) is 8.35. The second-order valence-electron chi connectivity index (χ2n) is 6.73. The van der Waals surface area contributed by atoms with Crippen LogP contribution in [0.2, 0.25) is 0 Å². The lowest BCUT2D eigenvalue weighted by atomic mass is 10.1. The number of imidazole rings is 1. The summed E-state index contributed by atoms with van der Waals surface area (Å²) in [7, 11) is 0. The van der Waals surface area contributed by atoms with Gasteiger partial charge in [-0.1, -0.05) is 36.4 Å². The molecular weight excluding hydrogens is 368 g/mol. The molecule has 4 rings (SSSR count). The van der Waals surface area contributed by atoms with E-state index in [1.807, 2.05) is 35.8 Å². The quantitative estimate of drug-likeness (QED) is 0.514. The van der Waals surface area contributed by atoms with Crippen molar-refractivity contribution in [3.05, 3.63) is 70.8 Å². The van der Waals surface area contributed by atoms with E-state index in [-0.39, 0.29) is 5.91 Å². The molecule has 0 saturated heterocycles. The first kappa shape index (κ1) is 18.4. The predicted octanol–water partition coefficient (Wildman–Crippen LogP) is 4.22. The zero-order chi connectivity index (χ0) is 19.3. The highest BCUT2D eigenvalue weighted by molar-refractivity contribution is 7.09. The number of amides is 1. The Balaban J connectivity index is 1.24. The van der Waals surface area contributed by atoms with Crippen molar-refractivity contribution in [3.63, 3.8) is 0 Å². The fraction of sp³-hybridized carbons (Fsp3) is 0.227. The molecule has 0 saturated carbocycles. The Kier molecular flexibility index (Phi) is 5.48. The van der Waals surface area contributed by atoms with Crippen molar-refractivity contribution < 1.29 is 4.79 Å². The van der Waals surface area contributed by atoms with Crippen molar-refractivity contribution >= 4 is 28.3 Å². The first-order valence-corrected chi connectivity index (χ1v) is 10.2. The number of nitrogens with one attached hydrogen (secondary N) is 1. The number of aryl methyl sites for hydroxylation is 2. The van der Waals surface area contributed by atoms with Gasteiger partial charge in [-0.15, -0.1) is 11.3 Å². The van der Waals surface area contributed by atoms with Gasteiger partial charge in [-0.25, -0.2) is 9.97 Å². The van der Waals surface area contributed by atoms with Gasteiger partial charge in [0.2, 0.25) is 5.91 Å². The van der Waals surface area contributed by atoms with Gasteiger partial charge in [-0.2, -0.15) is 0 Å². The maximum atomic E-state index is 12.2. The standard InChI is InChI=1S/C22H22N4OS/c1-16-25-20(14-28-16)18-8-6-17(7-9-18)10-12-23-22(27)11-13-26-15-24-19-4-2-3-5-21(19)26/h2-9,14-15H,10-13H2,1H3,(H,23,27). The van der Waals surface area contributed by atoms with E-state index >= 15 is 0 Å². The summed E-state index contributed by atoms with van der Waals surface area (Å²) in [4.78, 5) is 21.0. The molecule has 0 bridgehead atoms. The van der Waals surface area contributed by atoms with Crippen LogP contribution in [0.3, 0.4) is 0 Å². The normalized spacial score (nSPS) is 11.0. The van der Waals surface area contributed by atoms with Gasteiger partial charge in [-0.3, -0.25) is 4.79 Å². The Labute approximate surface area is 168 Å². The number of aromatic nitrogens is 3. The molecule has 1 N–H and O–H groups in total. The van der Waals surface area contributed by atoms with Crippen molar-refractivity contribution in [3.8, 4) is 11.3 Å². The van der Waals surface area contributed by atoms with Gasteiger partial charge in [0.1, 0.15) is 0 Å². The number of benzene rings is 2. The largest absolute Gasteiger partial charge is 0.356 e. The predicted molar refractivity (Wildman–Crippen MR) is 113 cm³/mol. The fourth-order valence-electron chi connectivity index (χ4n) is 3.18. The summed E-state index contributed by atoms with van der Waals surface area (Å²) in [6.45, 7) is 3.28. The van der Waals surface area contributed by atoms with Crippen molar-refractivity contribution in [2.75, 3.05) is 6.54 Å². The maximum absolute atomic E-state index is 12.2. The number of rotatable bonds is 7. The third kappa shape index (κ3) is 4.28. The Morgan fingerprint density at radius 1 is 1.14 bits per heavy atom. The van der Waals surface area contributed by atoms with Crippen molar-refractivity contribution in [2.24, 2.45) is 0 Å². The molecule has 0 unspecified atom stereocenters. The molecule has 0 spiro atoms. The molecule has 4 aromatic rings. The van der Waals surface area contributed by atoms with Crippen molar-refractivity contribution in [1.82, 2.24) is 19.9 Å². The zero-order valence-electron chi connectivity index (χ0n) is 15.8. The van der Waals surface area contributed by atoms with Crippen molar-refractivity contribution in [2.45, 2.75) is 26.3 Å². The molecule has 2 aromatic carbocycles. The van der Waals surface area contributed by atoms with Crippen LogP contribution >= 0.6 is 11.3 Å². The molecule has 0 atom stereocenters. The molecule has 6 heteroatoms. The van der Waals surface area contributed by atoms with Crippen LogP contribution in [0.1, 0.15) is 17.0 Å². The number of carbonyl (C=O) groups excluding carboxylic acids is 1. The van der Waals surface area contributed by atoms with E-state index in [1.54, 1.807) is 17.7 Å². The Morgan fingerprint density at radius 2 is 1.96 bits per heavy atom. The van der Waals surface area contributed by atoms with Gasteiger partial charge >= 0.3 is 0 Å². The molecule has 0 fully saturated rings. The van der Waals surface area contributed by atoms with E-state index in [0.29, 0.717) is 19.5 Å². The topological polar surface area (TPSA) is 59.8 Å². The maximum Gasteiger partial charge on any atom is 0.221 e. The van der Waals surface area contributed by atoms with Crippen LogP contribution in [0.5, 0.6) is 0 Å². The number of carbonyl (C=O) groups is 1. The average molecular weight is 391 g/mol. The lowest BCUT2D eigenvalue weighted by Crippen LogP contribution is -2.26.